The van der Waals surface area contributed by atoms with Crippen LogP contribution < -0.4 is 21.0 Å². The van der Waals surface area contributed by atoms with Gasteiger partial charge in [-0.1, -0.05) is 90.6 Å². The third-order valence-corrected chi connectivity index (χ3v) is 8.60. The number of anilines is 4. The first kappa shape index (κ1) is 50.1. The van der Waals surface area contributed by atoms with E-state index >= 15 is 0 Å². The maximum absolute atomic E-state index is 11.7. The van der Waals surface area contributed by atoms with Crippen molar-refractivity contribution in [1.82, 2.24) is 19.6 Å². The molecule has 4 aromatic carbocycles. The lowest BCUT2D eigenvalue weighted by Crippen LogP contribution is -2.38. The molecule has 0 fully saturated rings. The van der Waals surface area contributed by atoms with E-state index in [1.165, 1.54) is 32.3 Å². The fourth-order valence-corrected chi connectivity index (χ4v) is 4.43. The minimum atomic E-state index is -0.305. The number of para-hydroxylation sites is 1. The zero-order valence-electron chi connectivity index (χ0n) is 34.0. The molecule has 57 heavy (non-hydrogen) atoms. The highest BCUT2D eigenvalue weighted by molar-refractivity contribution is 6.42. The maximum atomic E-state index is 11.7. The number of carbonyl (C=O) groups is 4. The molecule has 0 aromatic heterocycles. The van der Waals surface area contributed by atoms with Gasteiger partial charge in [0.15, 0.2) is 0 Å². The summed E-state index contributed by atoms with van der Waals surface area (Å²) in [5.41, 5.74) is 4.07. The van der Waals surface area contributed by atoms with Crippen molar-refractivity contribution >= 4 is 93.3 Å². The summed E-state index contributed by atoms with van der Waals surface area (Å²) in [6.07, 6.45) is 0. The summed E-state index contributed by atoms with van der Waals surface area (Å²) < 4.78 is 0. The van der Waals surface area contributed by atoms with E-state index in [0.717, 1.165) is 16.4 Å². The van der Waals surface area contributed by atoms with Gasteiger partial charge in [0, 0.05) is 73.4 Å². The Morgan fingerprint density at radius 1 is 0.509 bits per heavy atom. The molecule has 4 aromatic rings. The number of hydrogen-bond donors (Lipinski definition) is 3. The number of hydroxylamine groups is 1. The third kappa shape index (κ3) is 18.7. The fourth-order valence-electron chi connectivity index (χ4n) is 3.84. The van der Waals surface area contributed by atoms with E-state index < -0.39 is 0 Å². The first-order valence-electron chi connectivity index (χ1n) is 17.2. The molecule has 4 rings (SSSR count). The van der Waals surface area contributed by atoms with Crippen molar-refractivity contribution in [2.75, 3.05) is 84.5 Å². The monoisotopic (exact) mass is 864 g/mol. The van der Waals surface area contributed by atoms with Crippen molar-refractivity contribution in [2.45, 2.75) is 19.8 Å². The number of nitrogens with one attached hydrogen (secondary N) is 3. The van der Waals surface area contributed by atoms with Gasteiger partial charge in [-0.15, -0.1) is 0 Å². The summed E-state index contributed by atoms with van der Waals surface area (Å²) in [5.74, 6) is 0.517. The molecule has 0 aliphatic carbocycles. The van der Waals surface area contributed by atoms with Gasteiger partial charge in [0.1, 0.15) is 0 Å². The SMILES string of the molecule is CC(C)c1ccc(NC(=O)N(C)C)cc1.CN(C)C(=O)Nc1ccc(Cl)c(Cl)c1.CN(C)C(=O)Nc1ccccc1.CON(C(=O)N(C)C)c1ccc(Cl)c(Cl)c1. The van der Waals surface area contributed by atoms with Gasteiger partial charge in [0.25, 0.3) is 0 Å². The highest BCUT2D eigenvalue weighted by Gasteiger charge is 2.18. The first-order chi connectivity index (χ1) is 26.7. The minimum Gasteiger partial charge on any atom is -0.331 e. The lowest BCUT2D eigenvalue weighted by molar-refractivity contribution is 0.147. The second kappa shape index (κ2) is 25.4. The van der Waals surface area contributed by atoms with Crippen molar-refractivity contribution in [1.29, 1.82) is 0 Å². The van der Waals surface area contributed by atoms with Crippen LogP contribution in [0.5, 0.6) is 0 Å². The Morgan fingerprint density at radius 3 is 1.30 bits per heavy atom. The van der Waals surface area contributed by atoms with Gasteiger partial charge in [-0.05, 0) is 72.1 Å². The van der Waals surface area contributed by atoms with Crippen molar-refractivity contribution < 1.29 is 24.0 Å². The van der Waals surface area contributed by atoms with Gasteiger partial charge in [-0.3, -0.25) is 4.84 Å². The molecule has 0 saturated carbocycles. The van der Waals surface area contributed by atoms with Gasteiger partial charge in [0.05, 0.1) is 32.9 Å². The smallest absolute Gasteiger partial charge is 0.331 e. The van der Waals surface area contributed by atoms with Crippen LogP contribution in [-0.4, -0.2) is 107 Å². The number of carbonyl (C=O) groups excluding carboxylic acids is 4. The maximum Gasteiger partial charge on any atom is 0.348 e. The predicted octanol–water partition coefficient (Wildman–Crippen LogP) is 10.8. The molecule has 0 bridgehead atoms. The largest absolute Gasteiger partial charge is 0.348 e. The third-order valence-electron chi connectivity index (χ3n) is 7.12. The average molecular weight is 867 g/mol. The highest BCUT2D eigenvalue weighted by Crippen LogP contribution is 2.28. The van der Waals surface area contributed by atoms with Crippen LogP contribution in [0.1, 0.15) is 25.3 Å². The number of amides is 8. The molecule has 0 radical (unpaired) electrons. The Hall–Kier alpha value is -4.92. The summed E-state index contributed by atoms with van der Waals surface area (Å²) in [6, 6.07) is 26.3. The van der Waals surface area contributed by atoms with E-state index in [-0.39, 0.29) is 24.1 Å². The Morgan fingerprint density at radius 2 is 0.912 bits per heavy atom. The molecular weight excluding hydrogens is 814 g/mol. The zero-order chi connectivity index (χ0) is 43.4. The number of halogens is 4. The summed E-state index contributed by atoms with van der Waals surface area (Å²) in [6.45, 7) is 4.29. The van der Waals surface area contributed by atoms with E-state index in [4.69, 9.17) is 51.2 Å². The quantitative estimate of drug-likeness (QED) is 0.166. The summed E-state index contributed by atoms with van der Waals surface area (Å²) in [4.78, 5) is 56.3. The van der Waals surface area contributed by atoms with Gasteiger partial charge in [0.2, 0.25) is 0 Å². The van der Waals surface area contributed by atoms with Gasteiger partial charge >= 0.3 is 24.1 Å². The first-order valence-corrected chi connectivity index (χ1v) is 18.7. The van der Waals surface area contributed by atoms with Crippen LogP contribution in [0.4, 0.5) is 41.9 Å². The molecule has 0 spiro atoms. The molecule has 17 heteroatoms. The second-order valence-electron chi connectivity index (χ2n) is 13.0. The molecule has 0 aliphatic rings. The Kier molecular flexibility index (Phi) is 22.3. The van der Waals surface area contributed by atoms with Crippen molar-refractivity contribution in [3.63, 3.8) is 0 Å². The lowest BCUT2D eigenvalue weighted by Gasteiger charge is -2.23. The summed E-state index contributed by atoms with van der Waals surface area (Å²) in [5, 5.41) is 11.0. The fraction of sp³-hybridized carbons (Fsp3) is 0.300. The Bertz CT molecular complexity index is 1880. The summed E-state index contributed by atoms with van der Waals surface area (Å²) >= 11 is 23.1. The highest BCUT2D eigenvalue weighted by atomic mass is 35.5. The molecule has 0 saturated heterocycles. The van der Waals surface area contributed by atoms with Crippen LogP contribution in [0.15, 0.2) is 91.0 Å². The standard InChI is InChI=1S/C12H18N2O.C10H12Cl2N2O2.C9H10Cl2N2O.C9H12N2O/c1-9(2)10-5-7-11(8-6-10)13-12(15)14(3)4;1-13(2)10(15)14(16-3)7-4-5-8(11)9(12)6-7;1-13(2)9(14)12-6-3-4-7(10)8(11)5-6;1-11(2)9(12)10-8-6-4-3-5-7-8/h5-9H,1-4H3,(H,13,15);4-6H,1-3H3;3-5H,1-2H3,(H,12,14);3-7H,1-2H3,(H,10,12). The number of urea groups is 4. The van der Waals surface area contributed by atoms with Crippen LogP contribution in [0.25, 0.3) is 0 Å². The predicted molar refractivity (Wildman–Crippen MR) is 237 cm³/mol. The Balaban J connectivity index is 0.000000382. The molecule has 8 amide bonds. The van der Waals surface area contributed by atoms with Crippen molar-refractivity contribution in [3.05, 3.63) is 117 Å². The molecule has 0 aliphatic heterocycles. The minimum absolute atomic E-state index is 0.104. The van der Waals surface area contributed by atoms with Crippen LogP contribution in [0, 0.1) is 0 Å². The Labute approximate surface area is 356 Å². The topological polar surface area (TPSA) is 130 Å². The molecule has 310 valence electrons. The van der Waals surface area contributed by atoms with E-state index in [0.29, 0.717) is 37.4 Å². The average Bonchev–Trinajstić information content (AvgIpc) is 3.16. The molecule has 3 N–H and O–H groups in total. The second-order valence-corrected chi connectivity index (χ2v) is 14.6. The van der Waals surface area contributed by atoms with E-state index in [9.17, 15) is 19.2 Å². The van der Waals surface area contributed by atoms with E-state index in [1.807, 2.05) is 54.6 Å². The van der Waals surface area contributed by atoms with E-state index in [1.54, 1.807) is 92.8 Å². The van der Waals surface area contributed by atoms with Crippen LogP contribution in [0.2, 0.25) is 20.1 Å². The number of rotatable bonds is 6. The van der Waals surface area contributed by atoms with Crippen LogP contribution in [0.3, 0.4) is 0 Å². The van der Waals surface area contributed by atoms with Gasteiger partial charge < -0.3 is 35.6 Å². The molecular formula is C40H52Cl4N8O5. The summed E-state index contributed by atoms with van der Waals surface area (Å²) in [7, 11) is 14.8. The van der Waals surface area contributed by atoms with Crippen molar-refractivity contribution in [2.24, 2.45) is 0 Å². The van der Waals surface area contributed by atoms with Crippen LogP contribution in [-0.2, 0) is 4.84 Å². The number of benzene rings is 4. The van der Waals surface area contributed by atoms with Gasteiger partial charge in [-0.25, -0.2) is 19.2 Å². The van der Waals surface area contributed by atoms with Crippen molar-refractivity contribution in [3.8, 4) is 0 Å². The molecule has 13 nitrogen and oxygen atoms in total. The number of nitrogens with zero attached hydrogens (tertiary/aromatic N) is 5. The molecule has 0 atom stereocenters. The lowest BCUT2D eigenvalue weighted by atomic mass is 10.0. The van der Waals surface area contributed by atoms with Gasteiger partial charge in [-0.2, -0.15) is 5.06 Å². The zero-order valence-corrected chi connectivity index (χ0v) is 37.1. The number of hydrogen-bond acceptors (Lipinski definition) is 5. The molecule has 0 heterocycles. The molecule has 0 unspecified atom stereocenters. The van der Waals surface area contributed by atoms with Crippen LogP contribution >= 0.6 is 46.4 Å². The van der Waals surface area contributed by atoms with E-state index in [2.05, 4.69) is 29.8 Å². The normalized spacial score (nSPS) is 9.82.